The maximum atomic E-state index is 6.00. The summed E-state index contributed by atoms with van der Waals surface area (Å²) in [5, 5.41) is 1.73. The molecule has 0 saturated heterocycles. The second kappa shape index (κ2) is 18.4. The number of hydrogen-bond donors (Lipinski definition) is 1. The van der Waals surface area contributed by atoms with Crippen LogP contribution in [0.4, 0.5) is 11.9 Å². The summed E-state index contributed by atoms with van der Waals surface area (Å²) in [5.41, 5.74) is 7.05. The minimum Gasteiger partial charge on any atom is -0.368 e. The van der Waals surface area contributed by atoms with E-state index in [2.05, 4.69) is 32.8 Å². The van der Waals surface area contributed by atoms with Gasteiger partial charge in [-0.1, -0.05) is 127 Å². The average Bonchev–Trinajstić information content (AvgIpc) is 3.34. The van der Waals surface area contributed by atoms with Crippen LogP contribution in [-0.2, 0) is 5.75 Å². The van der Waals surface area contributed by atoms with Gasteiger partial charge in [0.05, 0.1) is 16.0 Å². The number of benzene rings is 1. The molecule has 2 aromatic heterocycles. The van der Waals surface area contributed by atoms with Gasteiger partial charge < -0.3 is 10.6 Å². The first-order chi connectivity index (χ1) is 18.7. The number of thiazole rings is 1. The molecule has 2 heterocycles. The van der Waals surface area contributed by atoms with Crippen molar-refractivity contribution in [3.8, 4) is 0 Å². The van der Waals surface area contributed by atoms with E-state index in [9.17, 15) is 0 Å². The minimum atomic E-state index is 0.278. The van der Waals surface area contributed by atoms with E-state index in [1.54, 1.807) is 23.1 Å². The van der Waals surface area contributed by atoms with Crippen LogP contribution in [0.5, 0.6) is 0 Å². The monoisotopic (exact) mass is 556 g/mol. The highest BCUT2D eigenvalue weighted by atomic mass is 32.2. The molecule has 0 saturated carbocycles. The van der Waals surface area contributed by atoms with Crippen molar-refractivity contribution in [2.24, 2.45) is 0 Å². The van der Waals surface area contributed by atoms with Crippen LogP contribution in [0.15, 0.2) is 29.4 Å². The van der Waals surface area contributed by atoms with Crippen LogP contribution in [-0.4, -0.2) is 33.5 Å². The van der Waals surface area contributed by atoms with Gasteiger partial charge in [0.25, 0.3) is 0 Å². The van der Waals surface area contributed by atoms with Crippen molar-refractivity contribution in [3.05, 3.63) is 29.3 Å². The third-order valence-electron chi connectivity index (χ3n) is 6.97. The van der Waals surface area contributed by atoms with E-state index < -0.39 is 0 Å². The van der Waals surface area contributed by atoms with Gasteiger partial charge in [0.1, 0.15) is 5.01 Å². The third-order valence-corrected chi connectivity index (χ3v) is 9.05. The molecule has 0 aliphatic rings. The summed E-state index contributed by atoms with van der Waals surface area (Å²) in [6.45, 7) is 3.22. The highest BCUT2D eigenvalue weighted by molar-refractivity contribution is 7.98. The van der Waals surface area contributed by atoms with Gasteiger partial charge in [0.2, 0.25) is 11.9 Å². The number of nitrogens with two attached hydrogens (primary N) is 1. The lowest BCUT2D eigenvalue weighted by Gasteiger charge is -2.17. The van der Waals surface area contributed by atoms with Gasteiger partial charge in [0, 0.05) is 13.6 Å². The minimum absolute atomic E-state index is 0.278. The lowest BCUT2D eigenvalue weighted by atomic mass is 10.0. The van der Waals surface area contributed by atoms with Crippen molar-refractivity contribution in [1.82, 2.24) is 19.9 Å². The fourth-order valence-electron chi connectivity index (χ4n) is 4.70. The molecule has 0 spiro atoms. The fraction of sp³-hybridized carbons (Fsp3) is 0.667. The normalized spacial score (nSPS) is 11.4. The Labute approximate surface area is 238 Å². The van der Waals surface area contributed by atoms with Crippen molar-refractivity contribution in [2.45, 2.75) is 121 Å². The number of hydrogen-bond acceptors (Lipinski definition) is 8. The van der Waals surface area contributed by atoms with Crippen LogP contribution < -0.4 is 10.6 Å². The summed E-state index contributed by atoms with van der Waals surface area (Å²) in [6.07, 6.45) is 22.1. The molecular formula is C30H48N6S2. The molecular weight excluding hydrogens is 509 g/mol. The Hall–Kier alpha value is -1.93. The molecule has 0 unspecified atom stereocenters. The Bertz CT molecular complexity index is 1010. The fourth-order valence-corrected chi connectivity index (χ4v) is 6.50. The zero-order valence-corrected chi connectivity index (χ0v) is 25.3. The zero-order valence-electron chi connectivity index (χ0n) is 23.7. The standard InChI is InChI=1S/C30H48N6S2/c1-3-4-5-6-7-8-9-10-11-12-13-14-15-16-17-20-23-36(2)29-33-28(31)34-30(35-29)37-24-27-32-25-21-18-19-22-26(25)38-27/h18-19,21-22H,3-17,20,23-24H2,1-2H3,(H2,31,33,34,35). The average molecular weight is 557 g/mol. The van der Waals surface area contributed by atoms with E-state index in [0.717, 1.165) is 29.2 Å². The van der Waals surface area contributed by atoms with Crippen molar-refractivity contribution < 1.29 is 0 Å². The Morgan fingerprint density at radius 2 is 1.32 bits per heavy atom. The zero-order chi connectivity index (χ0) is 26.8. The number of aromatic nitrogens is 4. The second-order valence-electron chi connectivity index (χ2n) is 10.4. The van der Waals surface area contributed by atoms with Gasteiger partial charge in [-0.15, -0.1) is 11.3 Å². The number of unbranched alkanes of at least 4 members (excludes halogenated alkanes) is 15. The van der Waals surface area contributed by atoms with Crippen LogP contribution in [0.3, 0.4) is 0 Å². The second-order valence-corrected chi connectivity index (χ2v) is 12.4. The van der Waals surface area contributed by atoms with E-state index in [4.69, 9.17) is 10.7 Å². The van der Waals surface area contributed by atoms with Crippen LogP contribution in [0.25, 0.3) is 10.2 Å². The molecule has 1 aromatic carbocycles. The Morgan fingerprint density at radius 1 is 0.737 bits per heavy atom. The molecule has 0 atom stereocenters. The largest absolute Gasteiger partial charge is 0.368 e. The van der Waals surface area contributed by atoms with E-state index in [0.29, 0.717) is 11.1 Å². The highest BCUT2D eigenvalue weighted by Gasteiger charge is 2.11. The van der Waals surface area contributed by atoms with E-state index in [1.807, 2.05) is 25.2 Å². The van der Waals surface area contributed by atoms with Crippen LogP contribution in [0.2, 0.25) is 0 Å². The summed E-state index contributed by atoms with van der Waals surface area (Å²) >= 11 is 3.28. The summed E-state index contributed by atoms with van der Waals surface area (Å²) in [7, 11) is 2.04. The molecule has 38 heavy (non-hydrogen) atoms. The van der Waals surface area contributed by atoms with Crippen molar-refractivity contribution in [3.63, 3.8) is 0 Å². The molecule has 6 nitrogen and oxygen atoms in total. The van der Waals surface area contributed by atoms with Gasteiger partial charge >= 0.3 is 0 Å². The number of rotatable bonds is 21. The number of para-hydroxylation sites is 1. The lowest BCUT2D eigenvalue weighted by Crippen LogP contribution is -2.22. The molecule has 2 N–H and O–H groups in total. The van der Waals surface area contributed by atoms with E-state index in [1.165, 1.54) is 101 Å². The molecule has 3 rings (SSSR count). The number of fused-ring (bicyclic) bond motifs is 1. The maximum Gasteiger partial charge on any atom is 0.230 e. The Morgan fingerprint density at radius 3 is 1.92 bits per heavy atom. The molecule has 0 amide bonds. The molecule has 0 fully saturated rings. The number of nitrogens with zero attached hydrogens (tertiary/aromatic N) is 5. The Kier molecular flexibility index (Phi) is 14.8. The van der Waals surface area contributed by atoms with Gasteiger partial charge in [-0.25, -0.2) is 4.98 Å². The van der Waals surface area contributed by atoms with Gasteiger partial charge in [-0.3, -0.25) is 0 Å². The predicted octanol–water partition coefficient (Wildman–Crippen LogP) is 9.05. The molecule has 0 bridgehead atoms. The van der Waals surface area contributed by atoms with Crippen LogP contribution >= 0.6 is 23.1 Å². The Balaban J connectivity index is 1.22. The highest BCUT2D eigenvalue weighted by Crippen LogP contribution is 2.27. The molecule has 210 valence electrons. The predicted molar refractivity (Wildman–Crippen MR) is 166 cm³/mol. The van der Waals surface area contributed by atoms with Gasteiger partial charge in [-0.2, -0.15) is 15.0 Å². The first-order valence-electron chi connectivity index (χ1n) is 14.9. The lowest BCUT2D eigenvalue weighted by molar-refractivity contribution is 0.529. The summed E-state index contributed by atoms with van der Waals surface area (Å²) in [6, 6.07) is 8.22. The quantitative estimate of drug-likeness (QED) is 0.103. The van der Waals surface area contributed by atoms with Gasteiger partial charge in [-0.05, 0) is 18.6 Å². The number of nitrogen functional groups attached to an aromatic ring is 1. The summed E-state index contributed by atoms with van der Waals surface area (Å²) in [5.74, 6) is 1.66. The van der Waals surface area contributed by atoms with Crippen LogP contribution in [0, 0.1) is 0 Å². The van der Waals surface area contributed by atoms with Crippen LogP contribution in [0.1, 0.15) is 115 Å². The molecule has 0 aliphatic heterocycles. The first-order valence-corrected chi connectivity index (χ1v) is 16.7. The third kappa shape index (κ3) is 11.9. The SMILES string of the molecule is CCCCCCCCCCCCCCCCCCN(C)c1nc(N)nc(SCc2nc3ccccc3s2)n1. The number of anilines is 2. The molecule has 8 heteroatoms. The first kappa shape index (κ1) is 30.6. The van der Waals surface area contributed by atoms with Crippen molar-refractivity contribution in [2.75, 3.05) is 24.2 Å². The van der Waals surface area contributed by atoms with Crippen molar-refractivity contribution >= 4 is 45.2 Å². The van der Waals surface area contributed by atoms with E-state index >= 15 is 0 Å². The van der Waals surface area contributed by atoms with E-state index in [-0.39, 0.29) is 5.95 Å². The number of thioether (sulfide) groups is 1. The smallest absolute Gasteiger partial charge is 0.230 e. The maximum absolute atomic E-state index is 6.00. The topological polar surface area (TPSA) is 80.8 Å². The summed E-state index contributed by atoms with van der Waals surface area (Å²) < 4.78 is 1.21. The van der Waals surface area contributed by atoms with Gasteiger partial charge in [0.15, 0.2) is 5.16 Å². The molecule has 0 aliphatic carbocycles. The molecule has 3 aromatic rings. The van der Waals surface area contributed by atoms with Crippen molar-refractivity contribution in [1.29, 1.82) is 0 Å². The molecule has 0 radical (unpaired) electrons. The summed E-state index contributed by atoms with van der Waals surface area (Å²) in [4.78, 5) is 20.2.